The van der Waals surface area contributed by atoms with Gasteiger partial charge >= 0.3 is 0 Å². The van der Waals surface area contributed by atoms with Crippen molar-refractivity contribution in [2.75, 3.05) is 19.6 Å². The van der Waals surface area contributed by atoms with Crippen molar-refractivity contribution in [3.05, 3.63) is 24.2 Å². The zero-order chi connectivity index (χ0) is 19.2. The molecule has 1 saturated heterocycles. The molecule has 9 nitrogen and oxygen atoms in total. The van der Waals surface area contributed by atoms with E-state index in [1.54, 1.807) is 12.3 Å². The van der Waals surface area contributed by atoms with E-state index in [0.29, 0.717) is 36.5 Å². The standard InChI is InChI=1S/C18H27N7O2.HI/c1-4-19-18(21-13-7-8-25(11-13)17(26)12(2)3)20-10-15-22-16(24-23-15)14-6-5-9-27-14;/h5-6,9,12-13H,4,7-8,10-11H2,1-3H3,(H2,19,20,21)(H,22,23,24);1H. The van der Waals surface area contributed by atoms with Crippen LogP contribution in [0.2, 0.25) is 0 Å². The highest BCUT2D eigenvalue weighted by Gasteiger charge is 2.27. The van der Waals surface area contributed by atoms with E-state index in [2.05, 4.69) is 30.8 Å². The lowest BCUT2D eigenvalue weighted by atomic mass is 10.2. The van der Waals surface area contributed by atoms with Gasteiger partial charge in [-0.1, -0.05) is 13.8 Å². The maximum atomic E-state index is 12.1. The molecule has 3 rings (SSSR count). The number of nitrogens with zero attached hydrogens (tertiary/aromatic N) is 4. The van der Waals surface area contributed by atoms with Crippen LogP contribution in [0.3, 0.4) is 0 Å². The summed E-state index contributed by atoms with van der Waals surface area (Å²) in [5.74, 6) is 2.72. The Hall–Kier alpha value is -2.11. The van der Waals surface area contributed by atoms with Crippen LogP contribution in [0.4, 0.5) is 0 Å². The first-order valence-corrected chi connectivity index (χ1v) is 9.35. The third kappa shape index (κ3) is 5.69. The number of furan rings is 1. The molecule has 1 fully saturated rings. The second-order valence-corrected chi connectivity index (χ2v) is 6.85. The summed E-state index contributed by atoms with van der Waals surface area (Å²) in [4.78, 5) is 23.0. The van der Waals surface area contributed by atoms with Crippen LogP contribution >= 0.6 is 24.0 Å². The lowest BCUT2D eigenvalue weighted by molar-refractivity contribution is -0.133. The molecular weight excluding hydrogens is 473 g/mol. The van der Waals surface area contributed by atoms with Gasteiger partial charge in [-0.15, -0.1) is 29.1 Å². The van der Waals surface area contributed by atoms with Crippen LogP contribution < -0.4 is 10.6 Å². The minimum absolute atomic E-state index is 0. The number of H-pyrrole nitrogens is 1. The van der Waals surface area contributed by atoms with Gasteiger partial charge in [-0.25, -0.2) is 9.98 Å². The number of guanidine groups is 1. The number of likely N-dealkylation sites (tertiary alicyclic amines) is 1. The molecule has 0 aromatic carbocycles. The Balaban J connectivity index is 0.00000280. The topological polar surface area (TPSA) is 111 Å². The van der Waals surface area contributed by atoms with E-state index in [4.69, 9.17) is 4.42 Å². The van der Waals surface area contributed by atoms with E-state index in [1.807, 2.05) is 31.7 Å². The molecule has 0 spiro atoms. The van der Waals surface area contributed by atoms with Crippen molar-refractivity contribution in [3.8, 4) is 11.6 Å². The lowest BCUT2D eigenvalue weighted by Gasteiger charge is -2.20. The fraction of sp³-hybridized carbons (Fsp3) is 0.556. The number of carbonyl (C=O) groups is 1. The number of aliphatic imine (C=N–C) groups is 1. The van der Waals surface area contributed by atoms with Gasteiger partial charge in [-0.05, 0) is 25.5 Å². The normalized spacial score (nSPS) is 16.9. The van der Waals surface area contributed by atoms with Gasteiger partial charge in [0.05, 0.1) is 6.26 Å². The number of aromatic nitrogens is 3. The van der Waals surface area contributed by atoms with Crippen molar-refractivity contribution < 1.29 is 9.21 Å². The number of amides is 1. The molecule has 0 saturated carbocycles. The zero-order valence-corrected chi connectivity index (χ0v) is 18.8. The molecule has 10 heteroatoms. The molecule has 0 aliphatic carbocycles. The van der Waals surface area contributed by atoms with Gasteiger partial charge in [-0.2, -0.15) is 0 Å². The Bertz CT molecular complexity index is 773. The van der Waals surface area contributed by atoms with Crippen LogP contribution in [0.15, 0.2) is 27.8 Å². The van der Waals surface area contributed by atoms with Gasteiger partial charge in [0.25, 0.3) is 0 Å². The predicted molar refractivity (Wildman–Crippen MR) is 117 cm³/mol. The fourth-order valence-electron chi connectivity index (χ4n) is 2.99. The first-order chi connectivity index (χ1) is 13.1. The molecule has 1 unspecified atom stereocenters. The second-order valence-electron chi connectivity index (χ2n) is 6.85. The highest BCUT2D eigenvalue weighted by molar-refractivity contribution is 14.0. The smallest absolute Gasteiger partial charge is 0.225 e. The highest BCUT2D eigenvalue weighted by Crippen LogP contribution is 2.15. The van der Waals surface area contributed by atoms with Gasteiger partial charge in [0, 0.05) is 31.6 Å². The van der Waals surface area contributed by atoms with Crippen molar-refractivity contribution >= 4 is 35.8 Å². The maximum Gasteiger partial charge on any atom is 0.225 e. The van der Waals surface area contributed by atoms with E-state index >= 15 is 0 Å². The second kappa shape index (κ2) is 10.4. The number of aromatic amines is 1. The highest BCUT2D eigenvalue weighted by atomic mass is 127. The van der Waals surface area contributed by atoms with Crippen LogP contribution in [0.1, 0.15) is 33.0 Å². The van der Waals surface area contributed by atoms with Gasteiger partial charge in [-0.3, -0.25) is 9.89 Å². The van der Waals surface area contributed by atoms with Gasteiger partial charge in [0.1, 0.15) is 12.4 Å². The largest absolute Gasteiger partial charge is 0.461 e. The Morgan fingerprint density at radius 2 is 2.32 bits per heavy atom. The molecule has 1 aliphatic heterocycles. The van der Waals surface area contributed by atoms with Crippen molar-refractivity contribution in [2.45, 2.75) is 39.8 Å². The third-order valence-electron chi connectivity index (χ3n) is 4.34. The summed E-state index contributed by atoms with van der Waals surface area (Å²) in [6, 6.07) is 3.80. The fourth-order valence-corrected chi connectivity index (χ4v) is 2.99. The monoisotopic (exact) mass is 501 g/mol. The van der Waals surface area contributed by atoms with E-state index in [9.17, 15) is 4.79 Å². The molecule has 1 amide bonds. The molecular formula is C18H28IN7O2. The van der Waals surface area contributed by atoms with E-state index in [-0.39, 0.29) is 41.8 Å². The Labute approximate surface area is 181 Å². The molecule has 3 heterocycles. The number of halogens is 1. The average Bonchev–Trinajstić information content (AvgIpc) is 3.39. The molecule has 2 aromatic rings. The average molecular weight is 501 g/mol. The molecule has 1 aliphatic rings. The van der Waals surface area contributed by atoms with E-state index in [0.717, 1.165) is 19.5 Å². The van der Waals surface area contributed by atoms with E-state index in [1.165, 1.54) is 0 Å². The van der Waals surface area contributed by atoms with Crippen molar-refractivity contribution in [1.82, 2.24) is 30.7 Å². The molecule has 3 N–H and O–H groups in total. The van der Waals surface area contributed by atoms with Crippen LogP contribution in [0.5, 0.6) is 0 Å². The Morgan fingerprint density at radius 1 is 1.50 bits per heavy atom. The van der Waals surface area contributed by atoms with Crippen molar-refractivity contribution in [3.63, 3.8) is 0 Å². The summed E-state index contributed by atoms with van der Waals surface area (Å²) >= 11 is 0. The van der Waals surface area contributed by atoms with Gasteiger partial charge in [0.2, 0.25) is 11.7 Å². The van der Waals surface area contributed by atoms with Crippen LogP contribution in [0, 0.1) is 5.92 Å². The summed E-state index contributed by atoms with van der Waals surface area (Å²) in [5, 5.41) is 13.7. The molecule has 0 radical (unpaired) electrons. The third-order valence-corrected chi connectivity index (χ3v) is 4.34. The van der Waals surface area contributed by atoms with Crippen LogP contribution in [0.25, 0.3) is 11.6 Å². The molecule has 154 valence electrons. The molecule has 0 bridgehead atoms. The summed E-state index contributed by atoms with van der Waals surface area (Å²) in [6.45, 7) is 8.48. The SMILES string of the molecule is CCNC(=NCc1nc(-c2ccco2)n[nH]1)NC1CCN(C(=O)C(C)C)C1.I. The number of carbonyl (C=O) groups excluding carboxylic acids is 1. The van der Waals surface area contributed by atoms with Crippen LogP contribution in [-0.2, 0) is 11.3 Å². The predicted octanol–water partition coefficient (Wildman–Crippen LogP) is 1.99. The lowest BCUT2D eigenvalue weighted by Crippen LogP contribution is -2.45. The number of hydrogen-bond donors (Lipinski definition) is 3. The number of hydrogen-bond acceptors (Lipinski definition) is 5. The number of rotatable bonds is 6. The first-order valence-electron chi connectivity index (χ1n) is 9.35. The van der Waals surface area contributed by atoms with Crippen molar-refractivity contribution in [2.24, 2.45) is 10.9 Å². The molecule has 1 atom stereocenters. The Kier molecular flexibility index (Phi) is 8.27. The van der Waals surface area contributed by atoms with E-state index < -0.39 is 0 Å². The van der Waals surface area contributed by atoms with Crippen molar-refractivity contribution in [1.29, 1.82) is 0 Å². The quantitative estimate of drug-likeness (QED) is 0.317. The molecule has 2 aromatic heterocycles. The number of nitrogens with one attached hydrogen (secondary N) is 3. The summed E-state index contributed by atoms with van der Waals surface area (Å²) in [7, 11) is 0. The maximum absolute atomic E-state index is 12.1. The minimum atomic E-state index is 0. The summed E-state index contributed by atoms with van der Waals surface area (Å²) in [5.41, 5.74) is 0. The van der Waals surface area contributed by atoms with Gasteiger partial charge < -0.3 is 20.0 Å². The van der Waals surface area contributed by atoms with Crippen LogP contribution in [-0.4, -0.2) is 57.6 Å². The van der Waals surface area contributed by atoms with Gasteiger partial charge in [0.15, 0.2) is 11.7 Å². The molecule has 28 heavy (non-hydrogen) atoms. The first kappa shape index (κ1) is 22.2. The zero-order valence-electron chi connectivity index (χ0n) is 16.4. The minimum Gasteiger partial charge on any atom is -0.461 e. The Morgan fingerprint density at radius 3 is 3.00 bits per heavy atom. The summed E-state index contributed by atoms with van der Waals surface area (Å²) in [6.07, 6.45) is 2.50. The summed E-state index contributed by atoms with van der Waals surface area (Å²) < 4.78 is 5.29.